The lowest BCUT2D eigenvalue weighted by Crippen LogP contribution is -2.45. The van der Waals surface area contributed by atoms with Crippen molar-refractivity contribution < 1.29 is 13.2 Å². The van der Waals surface area contributed by atoms with Crippen molar-refractivity contribution in [3.05, 3.63) is 29.8 Å². The first-order valence-corrected chi connectivity index (χ1v) is 13.1. The molecule has 3 fully saturated rings. The van der Waals surface area contributed by atoms with Gasteiger partial charge in [-0.1, -0.05) is 25.5 Å². The highest BCUT2D eigenvalue weighted by molar-refractivity contribution is 7.92. The summed E-state index contributed by atoms with van der Waals surface area (Å²) in [7, 11) is -3.27. The van der Waals surface area contributed by atoms with Crippen LogP contribution in [0.2, 0.25) is 0 Å². The number of rotatable bonds is 6. The van der Waals surface area contributed by atoms with Crippen LogP contribution in [0.1, 0.15) is 57.4 Å². The topological polar surface area (TPSA) is 87.3 Å². The van der Waals surface area contributed by atoms with Gasteiger partial charge in [0.1, 0.15) is 0 Å². The van der Waals surface area contributed by atoms with Crippen LogP contribution in [0.4, 0.5) is 0 Å². The molecule has 2 saturated heterocycles. The predicted octanol–water partition coefficient (Wildman–Crippen LogP) is 2.39. The summed E-state index contributed by atoms with van der Waals surface area (Å²) < 4.78 is 25.9. The van der Waals surface area contributed by atoms with Crippen molar-refractivity contribution in [2.45, 2.75) is 80.6 Å². The van der Waals surface area contributed by atoms with Gasteiger partial charge >= 0.3 is 0 Å². The SMILES string of the molecule is CCC1CCC(S(=O)(=O)c2ccc(CNC(=O)C3CC4CNCCC4N3)cc2)CC1. The van der Waals surface area contributed by atoms with Gasteiger partial charge in [-0.2, -0.15) is 0 Å². The van der Waals surface area contributed by atoms with E-state index in [-0.39, 0.29) is 17.2 Å². The van der Waals surface area contributed by atoms with Crippen molar-refractivity contribution in [3.63, 3.8) is 0 Å². The Morgan fingerprint density at radius 3 is 2.50 bits per heavy atom. The molecule has 4 rings (SSSR count). The van der Waals surface area contributed by atoms with Crippen molar-refractivity contribution >= 4 is 15.7 Å². The van der Waals surface area contributed by atoms with Gasteiger partial charge in [0, 0.05) is 12.6 Å². The van der Waals surface area contributed by atoms with Crippen molar-refractivity contribution in [1.82, 2.24) is 16.0 Å². The van der Waals surface area contributed by atoms with Gasteiger partial charge in [-0.3, -0.25) is 4.79 Å². The van der Waals surface area contributed by atoms with Crippen molar-refractivity contribution in [3.8, 4) is 0 Å². The third kappa shape index (κ3) is 4.73. The van der Waals surface area contributed by atoms with E-state index in [2.05, 4.69) is 22.9 Å². The minimum Gasteiger partial charge on any atom is -0.351 e. The van der Waals surface area contributed by atoms with Crippen molar-refractivity contribution in [2.75, 3.05) is 13.1 Å². The lowest BCUT2D eigenvalue weighted by Gasteiger charge is -2.27. The molecule has 1 saturated carbocycles. The smallest absolute Gasteiger partial charge is 0.237 e. The quantitative estimate of drug-likeness (QED) is 0.641. The van der Waals surface area contributed by atoms with Crippen LogP contribution in [0.15, 0.2) is 29.2 Å². The number of carbonyl (C=O) groups is 1. The van der Waals surface area contributed by atoms with Crippen LogP contribution in [0.3, 0.4) is 0 Å². The fraction of sp³-hybridized carbons (Fsp3) is 0.696. The van der Waals surface area contributed by atoms with Crippen LogP contribution in [-0.2, 0) is 21.2 Å². The summed E-state index contributed by atoms with van der Waals surface area (Å²) in [6, 6.07) is 7.39. The second-order valence-electron chi connectivity index (χ2n) is 9.27. The first kappa shape index (κ1) is 21.8. The molecule has 30 heavy (non-hydrogen) atoms. The van der Waals surface area contributed by atoms with Gasteiger partial charge < -0.3 is 16.0 Å². The van der Waals surface area contributed by atoms with Crippen LogP contribution in [-0.4, -0.2) is 44.7 Å². The molecule has 0 radical (unpaired) electrons. The highest BCUT2D eigenvalue weighted by Crippen LogP contribution is 2.33. The highest BCUT2D eigenvalue weighted by Gasteiger charge is 2.38. The number of hydrogen-bond acceptors (Lipinski definition) is 5. The summed E-state index contributed by atoms with van der Waals surface area (Å²) in [4.78, 5) is 13.0. The molecule has 1 aromatic rings. The zero-order valence-corrected chi connectivity index (χ0v) is 18.7. The number of hydrogen-bond donors (Lipinski definition) is 3. The summed E-state index contributed by atoms with van der Waals surface area (Å²) in [6.45, 7) is 4.60. The highest BCUT2D eigenvalue weighted by atomic mass is 32.2. The molecular formula is C23H35N3O3S. The van der Waals surface area contributed by atoms with Gasteiger partial charge in [0.05, 0.1) is 16.2 Å². The summed E-state index contributed by atoms with van der Waals surface area (Å²) >= 11 is 0. The molecule has 1 amide bonds. The Balaban J connectivity index is 1.30. The summed E-state index contributed by atoms with van der Waals surface area (Å²) in [6.07, 6.45) is 6.65. The van der Waals surface area contributed by atoms with Gasteiger partial charge in [-0.25, -0.2) is 8.42 Å². The molecule has 3 atom stereocenters. The maximum Gasteiger partial charge on any atom is 0.237 e. The third-order valence-electron chi connectivity index (χ3n) is 7.41. The summed E-state index contributed by atoms with van der Waals surface area (Å²) in [5, 5.41) is 9.63. The standard InChI is InChI=1S/C23H35N3O3S/c1-2-16-3-7-19(8-4-16)30(28,29)20-9-5-17(6-10-20)14-25-23(27)22-13-18-15-24-12-11-21(18)26-22/h5-6,9-10,16,18-19,21-22,24,26H,2-4,7-8,11-15H2,1H3,(H,25,27). The Kier molecular flexibility index (Phi) is 6.80. The number of benzene rings is 1. The Morgan fingerprint density at radius 2 is 1.83 bits per heavy atom. The predicted molar refractivity (Wildman–Crippen MR) is 118 cm³/mol. The minimum atomic E-state index is -3.27. The summed E-state index contributed by atoms with van der Waals surface area (Å²) in [5.74, 6) is 1.25. The third-order valence-corrected chi connectivity index (χ3v) is 9.68. The van der Waals surface area contributed by atoms with E-state index in [0.717, 1.165) is 63.6 Å². The van der Waals surface area contributed by atoms with Gasteiger partial charge in [-0.15, -0.1) is 0 Å². The molecule has 3 unspecified atom stereocenters. The van der Waals surface area contributed by atoms with E-state index < -0.39 is 9.84 Å². The van der Waals surface area contributed by atoms with E-state index >= 15 is 0 Å². The van der Waals surface area contributed by atoms with Crippen LogP contribution in [0.25, 0.3) is 0 Å². The Labute approximate surface area is 180 Å². The van der Waals surface area contributed by atoms with Crippen molar-refractivity contribution in [2.24, 2.45) is 11.8 Å². The lowest BCUT2D eigenvalue weighted by molar-refractivity contribution is -0.123. The fourth-order valence-corrected chi connectivity index (χ4v) is 7.15. The fourth-order valence-electron chi connectivity index (χ4n) is 5.35. The lowest BCUT2D eigenvalue weighted by atomic mass is 9.87. The molecule has 6 nitrogen and oxygen atoms in total. The maximum absolute atomic E-state index is 13.0. The molecule has 7 heteroatoms. The normalized spacial score (nSPS) is 31.8. The zero-order chi connectivity index (χ0) is 21.1. The van der Waals surface area contributed by atoms with Gasteiger partial charge in [-0.05, 0) is 81.1 Å². The molecule has 0 aromatic heterocycles. The second kappa shape index (κ2) is 9.37. The second-order valence-corrected chi connectivity index (χ2v) is 11.5. The molecule has 2 aliphatic heterocycles. The van der Waals surface area contributed by atoms with Gasteiger partial charge in [0.25, 0.3) is 0 Å². The molecule has 1 aliphatic carbocycles. The first-order chi connectivity index (χ1) is 14.5. The van der Waals surface area contributed by atoms with E-state index in [1.807, 2.05) is 12.1 Å². The monoisotopic (exact) mass is 433 g/mol. The van der Waals surface area contributed by atoms with E-state index in [1.54, 1.807) is 12.1 Å². The first-order valence-electron chi connectivity index (χ1n) is 11.5. The number of amides is 1. The Morgan fingerprint density at radius 1 is 1.10 bits per heavy atom. The molecule has 3 aliphatic rings. The molecule has 0 spiro atoms. The van der Waals surface area contributed by atoms with Crippen LogP contribution in [0, 0.1) is 11.8 Å². The van der Waals surface area contributed by atoms with Crippen LogP contribution in [0.5, 0.6) is 0 Å². The number of carbonyl (C=O) groups excluding carboxylic acids is 1. The van der Waals surface area contributed by atoms with Crippen molar-refractivity contribution in [1.29, 1.82) is 0 Å². The van der Waals surface area contributed by atoms with E-state index in [1.165, 1.54) is 0 Å². The molecule has 1 aromatic carbocycles. The summed E-state index contributed by atoms with van der Waals surface area (Å²) in [5.41, 5.74) is 0.925. The van der Waals surface area contributed by atoms with Gasteiger partial charge in [0.15, 0.2) is 9.84 Å². The maximum atomic E-state index is 13.0. The largest absolute Gasteiger partial charge is 0.351 e. The minimum absolute atomic E-state index is 0.0359. The van der Waals surface area contributed by atoms with E-state index in [9.17, 15) is 13.2 Å². The zero-order valence-electron chi connectivity index (χ0n) is 17.9. The number of sulfone groups is 1. The number of piperidine rings is 1. The van der Waals surface area contributed by atoms with Gasteiger partial charge in [0.2, 0.25) is 5.91 Å². The average molecular weight is 434 g/mol. The molecular weight excluding hydrogens is 398 g/mol. The molecule has 166 valence electrons. The molecule has 0 bridgehead atoms. The molecule has 3 N–H and O–H groups in total. The number of nitrogens with one attached hydrogen (secondary N) is 3. The van der Waals surface area contributed by atoms with E-state index in [4.69, 9.17) is 0 Å². The Bertz CT molecular complexity index is 818. The average Bonchev–Trinajstić information content (AvgIpc) is 3.22. The Hall–Kier alpha value is -1.44. The van der Waals surface area contributed by atoms with Crippen LogP contribution < -0.4 is 16.0 Å². The molecule has 2 heterocycles. The van der Waals surface area contributed by atoms with E-state index in [0.29, 0.717) is 29.3 Å². The number of fused-ring (bicyclic) bond motifs is 1. The van der Waals surface area contributed by atoms with Crippen LogP contribution >= 0.6 is 0 Å².